The zero-order valence-electron chi connectivity index (χ0n) is 20.8. The molecular weight excluding hydrogens is 512 g/mol. The Hall–Kier alpha value is -3.08. The minimum atomic E-state index is -4.97. The monoisotopic (exact) mass is 541 g/mol. The highest BCUT2D eigenvalue weighted by Crippen LogP contribution is 2.38. The van der Waals surface area contributed by atoms with Crippen molar-refractivity contribution in [2.75, 3.05) is 33.2 Å². The Labute approximate surface area is 216 Å². The number of piperidine rings is 1. The highest BCUT2D eigenvalue weighted by atomic mass is 19.4. The van der Waals surface area contributed by atoms with Gasteiger partial charge in [0, 0.05) is 38.5 Å². The Kier molecular flexibility index (Phi) is 8.06. The molecule has 0 aromatic heterocycles. The summed E-state index contributed by atoms with van der Waals surface area (Å²) in [5.74, 6) is -1.64. The molecule has 2 aliphatic rings. The van der Waals surface area contributed by atoms with E-state index in [0.717, 1.165) is 23.6 Å². The van der Waals surface area contributed by atoms with Crippen LogP contribution in [0, 0.1) is 11.8 Å². The van der Waals surface area contributed by atoms with Crippen molar-refractivity contribution in [2.45, 2.75) is 37.7 Å². The van der Waals surface area contributed by atoms with Gasteiger partial charge in [-0.15, -0.1) is 0 Å². The van der Waals surface area contributed by atoms with E-state index in [-0.39, 0.29) is 35.9 Å². The molecule has 2 heterocycles. The predicted molar refractivity (Wildman–Crippen MR) is 128 cm³/mol. The first-order valence-corrected chi connectivity index (χ1v) is 12.4. The largest absolute Gasteiger partial charge is 0.416 e. The second kappa shape index (κ2) is 11.0. The molecule has 0 unspecified atom stereocenters. The summed E-state index contributed by atoms with van der Waals surface area (Å²) in [6, 6.07) is 10.5. The summed E-state index contributed by atoms with van der Waals surface area (Å²) in [6.45, 7) is 1.48. The van der Waals surface area contributed by atoms with Crippen molar-refractivity contribution < 1.29 is 35.9 Å². The molecular formula is C27H29F6N3O2. The predicted octanol–water partition coefficient (Wildman–Crippen LogP) is 4.92. The van der Waals surface area contributed by atoms with Crippen LogP contribution < -0.4 is 5.32 Å². The second-order valence-electron chi connectivity index (χ2n) is 10.00. The molecule has 2 aromatic carbocycles. The van der Waals surface area contributed by atoms with E-state index in [9.17, 15) is 35.9 Å². The van der Waals surface area contributed by atoms with Crippen LogP contribution in [0.5, 0.6) is 0 Å². The summed E-state index contributed by atoms with van der Waals surface area (Å²) in [5, 5.41) is 3.21. The van der Waals surface area contributed by atoms with Gasteiger partial charge in [-0.25, -0.2) is 0 Å². The topological polar surface area (TPSA) is 52.7 Å². The van der Waals surface area contributed by atoms with Gasteiger partial charge in [0.2, 0.25) is 11.8 Å². The Morgan fingerprint density at radius 1 is 0.921 bits per heavy atom. The van der Waals surface area contributed by atoms with Gasteiger partial charge in [0.1, 0.15) is 0 Å². The van der Waals surface area contributed by atoms with Gasteiger partial charge in [-0.1, -0.05) is 30.3 Å². The van der Waals surface area contributed by atoms with E-state index in [2.05, 4.69) is 5.32 Å². The number of likely N-dealkylation sites (tertiary alicyclic amines) is 1. The van der Waals surface area contributed by atoms with E-state index in [0.29, 0.717) is 31.5 Å². The number of hydrogen-bond donors (Lipinski definition) is 1. The van der Waals surface area contributed by atoms with Crippen LogP contribution in [0.4, 0.5) is 26.3 Å². The van der Waals surface area contributed by atoms with Crippen molar-refractivity contribution in [3.63, 3.8) is 0 Å². The Bertz CT molecular complexity index is 1110. The molecule has 0 saturated carbocycles. The molecule has 0 radical (unpaired) electrons. The molecule has 5 nitrogen and oxygen atoms in total. The summed E-state index contributed by atoms with van der Waals surface area (Å²) in [7, 11) is 1.36. The summed E-state index contributed by atoms with van der Waals surface area (Å²) < 4.78 is 79.8. The van der Waals surface area contributed by atoms with Crippen molar-refractivity contribution in [2.24, 2.45) is 11.8 Å². The third-order valence-electron chi connectivity index (χ3n) is 7.31. The fraction of sp³-hybridized carbons (Fsp3) is 0.481. The lowest BCUT2D eigenvalue weighted by Gasteiger charge is -2.27. The molecule has 0 aliphatic carbocycles. The van der Waals surface area contributed by atoms with E-state index in [1.54, 1.807) is 4.90 Å². The first-order valence-electron chi connectivity index (χ1n) is 12.4. The normalized spacial score (nSPS) is 21.0. The Morgan fingerprint density at radius 2 is 1.50 bits per heavy atom. The minimum Gasteiger partial charge on any atom is -0.341 e. The molecule has 1 N–H and O–H groups in total. The standard InChI is InChI=1S/C27H29F6N3O2/c1-35(14-17-11-20(26(28,29)30)13-21(12-17)27(31,32)33)25(38)23-16-36(24(37)19-7-9-34-10-8-19)15-22(23)18-5-3-2-4-6-18/h2-6,11-13,19,22-23,34H,7-10,14-16H2,1H3/t22-,23+/m1/s1. The van der Waals surface area contributed by atoms with Crippen LogP contribution >= 0.6 is 0 Å². The van der Waals surface area contributed by atoms with Gasteiger partial charge in [-0.05, 0) is 55.3 Å². The number of carbonyl (C=O) groups excluding carboxylic acids is 2. The number of nitrogens with one attached hydrogen (secondary N) is 1. The first kappa shape index (κ1) is 27.9. The highest BCUT2D eigenvalue weighted by molar-refractivity contribution is 5.84. The fourth-order valence-electron chi connectivity index (χ4n) is 5.34. The zero-order valence-corrected chi connectivity index (χ0v) is 20.8. The number of halogens is 6. The Morgan fingerprint density at radius 3 is 2.05 bits per heavy atom. The van der Waals surface area contributed by atoms with E-state index in [1.165, 1.54) is 7.05 Å². The van der Waals surface area contributed by atoms with Gasteiger partial charge in [0.05, 0.1) is 17.0 Å². The summed E-state index contributed by atoms with van der Waals surface area (Å²) >= 11 is 0. The molecule has 2 amide bonds. The maximum atomic E-state index is 13.6. The molecule has 2 fully saturated rings. The van der Waals surface area contributed by atoms with Crippen molar-refractivity contribution in [3.05, 3.63) is 70.8 Å². The zero-order chi connectivity index (χ0) is 27.7. The number of nitrogens with zero attached hydrogens (tertiary/aromatic N) is 2. The fourth-order valence-corrected chi connectivity index (χ4v) is 5.34. The number of rotatable bonds is 5. The molecule has 206 valence electrons. The number of amides is 2. The lowest BCUT2D eigenvalue weighted by Crippen LogP contribution is -2.41. The van der Waals surface area contributed by atoms with Crippen LogP contribution in [-0.4, -0.2) is 54.8 Å². The van der Waals surface area contributed by atoms with Crippen molar-refractivity contribution >= 4 is 11.8 Å². The SMILES string of the molecule is CN(Cc1cc(C(F)(F)F)cc(C(F)(F)F)c1)C(=O)[C@H]1CN(C(=O)C2CCNCC2)C[C@@H]1c1ccccc1. The maximum Gasteiger partial charge on any atom is 0.416 e. The summed E-state index contributed by atoms with van der Waals surface area (Å²) in [4.78, 5) is 29.6. The van der Waals surface area contributed by atoms with Crippen LogP contribution in [0.3, 0.4) is 0 Å². The van der Waals surface area contributed by atoms with Crippen molar-refractivity contribution in [3.8, 4) is 0 Å². The Balaban J connectivity index is 1.58. The molecule has 11 heteroatoms. The maximum absolute atomic E-state index is 13.6. The van der Waals surface area contributed by atoms with E-state index in [4.69, 9.17) is 0 Å². The van der Waals surface area contributed by atoms with Crippen LogP contribution in [-0.2, 0) is 28.5 Å². The smallest absolute Gasteiger partial charge is 0.341 e. The first-order chi connectivity index (χ1) is 17.8. The lowest BCUT2D eigenvalue weighted by molar-refractivity contribution is -0.143. The van der Waals surface area contributed by atoms with Gasteiger partial charge in [0.25, 0.3) is 0 Å². The summed E-state index contributed by atoms with van der Waals surface area (Å²) in [5.41, 5.74) is -2.28. The van der Waals surface area contributed by atoms with Crippen LogP contribution in [0.1, 0.15) is 41.0 Å². The van der Waals surface area contributed by atoms with E-state index >= 15 is 0 Å². The van der Waals surface area contributed by atoms with Gasteiger partial charge >= 0.3 is 12.4 Å². The highest BCUT2D eigenvalue weighted by Gasteiger charge is 2.43. The van der Waals surface area contributed by atoms with Crippen LogP contribution in [0.2, 0.25) is 0 Å². The third kappa shape index (κ3) is 6.31. The van der Waals surface area contributed by atoms with Gasteiger partial charge in [-0.2, -0.15) is 26.3 Å². The minimum absolute atomic E-state index is 0.0296. The van der Waals surface area contributed by atoms with E-state index < -0.39 is 41.8 Å². The molecule has 38 heavy (non-hydrogen) atoms. The number of hydrogen-bond acceptors (Lipinski definition) is 3. The molecule has 0 bridgehead atoms. The average Bonchev–Trinajstić information content (AvgIpc) is 3.33. The van der Waals surface area contributed by atoms with Gasteiger partial charge in [0.15, 0.2) is 0 Å². The van der Waals surface area contributed by atoms with Gasteiger partial charge < -0.3 is 15.1 Å². The molecule has 2 saturated heterocycles. The average molecular weight is 542 g/mol. The van der Waals surface area contributed by atoms with Crippen molar-refractivity contribution in [1.29, 1.82) is 0 Å². The number of carbonyl (C=O) groups is 2. The van der Waals surface area contributed by atoms with E-state index in [1.807, 2.05) is 30.3 Å². The van der Waals surface area contributed by atoms with Crippen molar-refractivity contribution in [1.82, 2.24) is 15.1 Å². The lowest BCUT2D eigenvalue weighted by atomic mass is 9.88. The molecule has 4 rings (SSSR count). The quantitative estimate of drug-likeness (QED) is 0.547. The molecule has 2 aromatic rings. The molecule has 2 atom stereocenters. The third-order valence-corrected chi connectivity index (χ3v) is 7.31. The second-order valence-corrected chi connectivity index (χ2v) is 10.00. The molecule has 2 aliphatic heterocycles. The van der Waals surface area contributed by atoms with Gasteiger partial charge in [-0.3, -0.25) is 9.59 Å². The number of alkyl halides is 6. The number of benzene rings is 2. The summed E-state index contributed by atoms with van der Waals surface area (Å²) in [6.07, 6.45) is -8.56. The van der Waals surface area contributed by atoms with Crippen LogP contribution in [0.15, 0.2) is 48.5 Å². The van der Waals surface area contributed by atoms with Crippen LogP contribution in [0.25, 0.3) is 0 Å². The molecule has 0 spiro atoms.